The highest BCUT2D eigenvalue weighted by Gasteiger charge is 2.39. The zero-order chi connectivity index (χ0) is 19.7. The second kappa shape index (κ2) is 7.38. The summed E-state index contributed by atoms with van der Waals surface area (Å²) in [5.41, 5.74) is 6.89. The molecule has 1 fully saturated rings. The van der Waals surface area contributed by atoms with Crippen LogP contribution in [0.4, 0.5) is 5.69 Å². The fourth-order valence-electron chi connectivity index (χ4n) is 4.66. The van der Waals surface area contributed by atoms with Gasteiger partial charge in [-0.25, -0.2) is 0 Å². The monoisotopic (exact) mass is 375 g/mol. The second-order valence-electron chi connectivity index (χ2n) is 8.30. The van der Waals surface area contributed by atoms with E-state index in [1.807, 2.05) is 4.68 Å². The summed E-state index contributed by atoms with van der Waals surface area (Å²) in [6, 6.07) is 13.0. The molecule has 1 heterocycles. The molecule has 0 bridgehead atoms. The van der Waals surface area contributed by atoms with Crippen LogP contribution in [-0.4, -0.2) is 20.2 Å². The minimum Gasteiger partial charge on any atom is -0.373 e. The molecular formula is C23H29N5. The number of benzene rings is 2. The van der Waals surface area contributed by atoms with Crippen LogP contribution in [0.15, 0.2) is 36.4 Å². The molecule has 3 aromatic rings. The summed E-state index contributed by atoms with van der Waals surface area (Å²) in [6.07, 6.45) is 5.69. The minimum atomic E-state index is -0.253. The van der Waals surface area contributed by atoms with Gasteiger partial charge in [-0.2, -0.15) is 4.68 Å². The first-order valence-electron chi connectivity index (χ1n) is 10.2. The molecule has 0 atom stereocenters. The molecule has 2 aromatic carbocycles. The Morgan fingerprint density at radius 2 is 1.54 bits per heavy atom. The third-order valence-electron chi connectivity index (χ3n) is 5.86. The summed E-state index contributed by atoms with van der Waals surface area (Å²) in [7, 11) is 0. The van der Waals surface area contributed by atoms with Crippen molar-refractivity contribution < 1.29 is 0 Å². The van der Waals surface area contributed by atoms with Crippen molar-refractivity contribution in [2.45, 2.75) is 65.3 Å². The van der Waals surface area contributed by atoms with Crippen LogP contribution in [0, 0.1) is 27.7 Å². The smallest absolute Gasteiger partial charge is 0.181 e. The molecule has 1 aliphatic carbocycles. The molecule has 28 heavy (non-hydrogen) atoms. The van der Waals surface area contributed by atoms with E-state index in [0.29, 0.717) is 0 Å². The first-order chi connectivity index (χ1) is 13.5. The highest BCUT2D eigenvalue weighted by atomic mass is 15.6. The van der Waals surface area contributed by atoms with Gasteiger partial charge in [0.1, 0.15) is 0 Å². The van der Waals surface area contributed by atoms with Crippen LogP contribution >= 0.6 is 0 Å². The Kier molecular flexibility index (Phi) is 4.92. The van der Waals surface area contributed by atoms with Crippen LogP contribution in [0.25, 0.3) is 5.69 Å². The summed E-state index contributed by atoms with van der Waals surface area (Å²) in [5, 5.41) is 16.9. The summed E-state index contributed by atoms with van der Waals surface area (Å²) in [5.74, 6) is 0.920. The van der Waals surface area contributed by atoms with E-state index in [-0.39, 0.29) is 5.54 Å². The minimum absolute atomic E-state index is 0.253. The molecule has 1 N–H and O–H groups in total. The largest absolute Gasteiger partial charge is 0.373 e. The van der Waals surface area contributed by atoms with Gasteiger partial charge in [-0.05, 0) is 85.3 Å². The maximum atomic E-state index is 4.55. The number of aryl methyl sites for hydroxylation is 4. The summed E-state index contributed by atoms with van der Waals surface area (Å²) in [4.78, 5) is 0. The van der Waals surface area contributed by atoms with Gasteiger partial charge in [0.15, 0.2) is 5.82 Å². The van der Waals surface area contributed by atoms with Crippen LogP contribution in [0.3, 0.4) is 0 Å². The maximum absolute atomic E-state index is 4.55. The number of tetrazole rings is 1. The lowest BCUT2D eigenvalue weighted by atomic mass is 9.80. The highest BCUT2D eigenvalue weighted by Crippen LogP contribution is 2.40. The van der Waals surface area contributed by atoms with E-state index in [2.05, 4.69) is 84.9 Å². The number of nitrogens with one attached hydrogen (secondary N) is 1. The average molecular weight is 376 g/mol. The normalized spacial score (nSPS) is 16.1. The standard InChI is InChI=1S/C23H29N5/c1-16-13-17(2)15-20(14-16)24-23(11-6-5-7-12-23)22-25-26-27-28(22)21-18(3)9-8-10-19(21)4/h8-10,13-15,24H,5-7,11-12H2,1-4H3. The van der Waals surface area contributed by atoms with Crippen molar-refractivity contribution in [1.82, 2.24) is 20.2 Å². The van der Waals surface area contributed by atoms with Crippen molar-refractivity contribution in [3.63, 3.8) is 0 Å². The van der Waals surface area contributed by atoms with E-state index >= 15 is 0 Å². The fraction of sp³-hybridized carbons (Fsp3) is 0.435. The lowest BCUT2D eigenvalue weighted by Crippen LogP contribution is -2.40. The highest BCUT2D eigenvalue weighted by molar-refractivity contribution is 5.52. The maximum Gasteiger partial charge on any atom is 0.181 e. The van der Waals surface area contributed by atoms with Gasteiger partial charge in [0.2, 0.25) is 0 Å². The predicted octanol–water partition coefficient (Wildman–Crippen LogP) is 5.17. The van der Waals surface area contributed by atoms with E-state index in [1.165, 1.54) is 41.5 Å². The average Bonchev–Trinajstić information content (AvgIpc) is 3.11. The molecule has 0 radical (unpaired) electrons. The molecule has 0 unspecified atom stereocenters. The van der Waals surface area contributed by atoms with E-state index in [9.17, 15) is 0 Å². The van der Waals surface area contributed by atoms with E-state index < -0.39 is 0 Å². The fourth-order valence-corrected chi connectivity index (χ4v) is 4.66. The van der Waals surface area contributed by atoms with Crippen molar-refractivity contribution in [2.75, 3.05) is 5.32 Å². The Bertz CT molecular complexity index is 942. The SMILES string of the molecule is Cc1cc(C)cc(NC2(c3nnnn3-c3c(C)cccc3C)CCCCC2)c1. The Morgan fingerprint density at radius 1 is 0.893 bits per heavy atom. The Morgan fingerprint density at radius 3 is 2.18 bits per heavy atom. The van der Waals surface area contributed by atoms with E-state index in [1.54, 1.807) is 0 Å². The van der Waals surface area contributed by atoms with Crippen LogP contribution in [0.5, 0.6) is 0 Å². The zero-order valence-electron chi connectivity index (χ0n) is 17.3. The van der Waals surface area contributed by atoms with Gasteiger partial charge in [0.25, 0.3) is 0 Å². The Hall–Kier alpha value is -2.69. The molecule has 0 saturated heterocycles. The second-order valence-corrected chi connectivity index (χ2v) is 8.30. The number of hydrogen-bond donors (Lipinski definition) is 1. The summed E-state index contributed by atoms with van der Waals surface area (Å²) >= 11 is 0. The van der Waals surface area contributed by atoms with Crippen LogP contribution in [-0.2, 0) is 5.54 Å². The van der Waals surface area contributed by atoms with Crippen molar-refractivity contribution in [2.24, 2.45) is 0 Å². The van der Waals surface area contributed by atoms with Crippen molar-refractivity contribution >= 4 is 5.69 Å². The van der Waals surface area contributed by atoms with Crippen molar-refractivity contribution in [3.05, 3.63) is 64.5 Å². The lowest BCUT2D eigenvalue weighted by molar-refractivity contribution is 0.309. The van der Waals surface area contributed by atoms with Crippen LogP contribution < -0.4 is 5.32 Å². The molecule has 5 nitrogen and oxygen atoms in total. The van der Waals surface area contributed by atoms with Gasteiger partial charge in [-0.15, -0.1) is 5.10 Å². The number of anilines is 1. The van der Waals surface area contributed by atoms with Gasteiger partial charge < -0.3 is 5.32 Å². The Labute approximate surface area is 167 Å². The van der Waals surface area contributed by atoms with Crippen molar-refractivity contribution in [3.8, 4) is 5.69 Å². The molecule has 0 aliphatic heterocycles. The van der Waals surface area contributed by atoms with Gasteiger partial charge >= 0.3 is 0 Å². The predicted molar refractivity (Wildman–Crippen MR) is 113 cm³/mol. The van der Waals surface area contributed by atoms with Gasteiger partial charge in [0, 0.05) is 5.69 Å². The van der Waals surface area contributed by atoms with E-state index in [4.69, 9.17) is 0 Å². The number of nitrogens with zero attached hydrogens (tertiary/aromatic N) is 4. The molecule has 0 spiro atoms. The third kappa shape index (κ3) is 3.41. The van der Waals surface area contributed by atoms with Crippen LogP contribution in [0.2, 0.25) is 0 Å². The van der Waals surface area contributed by atoms with Crippen LogP contribution in [0.1, 0.15) is 60.2 Å². The zero-order valence-corrected chi connectivity index (χ0v) is 17.3. The number of rotatable bonds is 4. The molecule has 1 aromatic heterocycles. The Balaban J connectivity index is 1.83. The first kappa shape index (κ1) is 18.7. The molecule has 0 amide bonds. The lowest BCUT2D eigenvalue weighted by Gasteiger charge is -2.38. The number of hydrogen-bond acceptors (Lipinski definition) is 4. The topological polar surface area (TPSA) is 55.6 Å². The van der Waals surface area contributed by atoms with Gasteiger partial charge in [-0.3, -0.25) is 0 Å². The van der Waals surface area contributed by atoms with E-state index in [0.717, 1.165) is 30.0 Å². The third-order valence-corrected chi connectivity index (χ3v) is 5.86. The molecule has 146 valence electrons. The molecule has 1 aliphatic rings. The summed E-state index contributed by atoms with van der Waals surface area (Å²) < 4.78 is 1.96. The van der Waals surface area contributed by atoms with Gasteiger partial charge in [-0.1, -0.05) is 43.5 Å². The first-order valence-corrected chi connectivity index (χ1v) is 10.2. The molecule has 1 saturated carbocycles. The molecular weight excluding hydrogens is 346 g/mol. The number of para-hydroxylation sites is 1. The quantitative estimate of drug-likeness (QED) is 0.684. The summed E-state index contributed by atoms with van der Waals surface area (Å²) in [6.45, 7) is 8.54. The number of aromatic nitrogens is 4. The van der Waals surface area contributed by atoms with Gasteiger partial charge in [0.05, 0.1) is 11.2 Å². The van der Waals surface area contributed by atoms with Crippen molar-refractivity contribution in [1.29, 1.82) is 0 Å². The molecule has 5 heteroatoms. The molecule has 4 rings (SSSR count).